The molecule has 0 saturated carbocycles. The Morgan fingerprint density at radius 1 is 0.638 bits per heavy atom. The lowest BCUT2D eigenvalue weighted by molar-refractivity contribution is -0.287. The summed E-state index contributed by atoms with van der Waals surface area (Å²) in [5.74, 6) is -1.44. The zero-order chi connectivity index (χ0) is 33.8. The highest BCUT2D eigenvalue weighted by atomic mass is 31.2. The molecule has 0 amide bonds. The summed E-state index contributed by atoms with van der Waals surface area (Å²) in [7, 11) is -2.82. The molecule has 0 aliphatic carbocycles. The van der Waals surface area contributed by atoms with E-state index in [2.05, 4.69) is 0 Å². The normalized spacial score (nSPS) is 20.9. The highest BCUT2D eigenvalue weighted by Crippen LogP contribution is 2.51. The fourth-order valence-electron chi connectivity index (χ4n) is 4.60. The molecule has 1 saturated heterocycles. The molecule has 3 aromatic carbocycles. The summed E-state index contributed by atoms with van der Waals surface area (Å²) in [5.41, 5.74) is 1.41. The summed E-state index contributed by atoms with van der Waals surface area (Å²) in [6, 6.07) is 24.4. The van der Waals surface area contributed by atoms with Crippen LogP contribution in [0.15, 0.2) is 84.9 Å². The van der Waals surface area contributed by atoms with Gasteiger partial charge in [0, 0.05) is 20.8 Å². The van der Waals surface area contributed by atoms with Crippen molar-refractivity contribution in [3.05, 3.63) is 96.1 Å². The number of rotatable bonds is 15. The smallest absolute Gasteiger partial charge is 0.475 e. The molecule has 4 rings (SSSR count). The molecule has 0 aromatic heterocycles. The van der Waals surface area contributed by atoms with E-state index >= 15 is 0 Å². The van der Waals surface area contributed by atoms with Crippen LogP contribution in [-0.4, -0.2) is 62.3 Å². The summed E-state index contributed by atoms with van der Waals surface area (Å²) >= 11 is 0. The van der Waals surface area contributed by atoms with Gasteiger partial charge < -0.3 is 28.4 Å². The van der Waals surface area contributed by atoms with E-state index < -0.39 is 63.0 Å². The van der Waals surface area contributed by atoms with Crippen molar-refractivity contribution >= 4 is 25.7 Å². The van der Waals surface area contributed by atoms with Gasteiger partial charge >= 0.3 is 25.7 Å². The summed E-state index contributed by atoms with van der Waals surface area (Å²) in [6.45, 7) is 2.65. The van der Waals surface area contributed by atoms with E-state index in [1.165, 1.54) is 7.11 Å². The standard InChI is InChI=1S/C33H37O13P/c1-22(34)42-30-29(21-41-47(37,39-19-25-11-7-5-8-12-25)40-20-26-13-9-6-10-14-26)46-33(45-28-17-15-27(38-4)16-18-28)32(44-24(3)36)31(30)43-23(2)35/h5-18,29-33H,19-21H2,1-4H3/t29-,30-,31+,32+,33?/m1/s1. The molecule has 1 heterocycles. The van der Waals surface area contributed by atoms with Crippen LogP contribution in [0.3, 0.4) is 0 Å². The average molecular weight is 673 g/mol. The third-order valence-corrected chi connectivity index (χ3v) is 8.03. The number of hydrogen-bond donors (Lipinski definition) is 0. The zero-order valence-electron chi connectivity index (χ0n) is 26.3. The second-order valence-electron chi connectivity index (χ2n) is 10.3. The summed E-state index contributed by atoms with van der Waals surface area (Å²) in [5, 5.41) is 0. The number of esters is 3. The van der Waals surface area contributed by atoms with Crippen LogP contribution in [0.5, 0.6) is 11.5 Å². The Kier molecular flexibility index (Phi) is 12.9. The first kappa shape index (κ1) is 35.6. The lowest BCUT2D eigenvalue weighted by atomic mass is 9.98. The van der Waals surface area contributed by atoms with Crippen LogP contribution in [0.1, 0.15) is 31.9 Å². The lowest BCUT2D eigenvalue weighted by Gasteiger charge is -2.44. The molecule has 252 valence electrons. The predicted octanol–water partition coefficient (Wildman–Crippen LogP) is 5.15. The molecule has 5 atom stereocenters. The molecule has 3 aromatic rings. The highest BCUT2D eigenvalue weighted by Gasteiger charge is 2.53. The minimum absolute atomic E-state index is 0.111. The molecule has 1 aliphatic rings. The van der Waals surface area contributed by atoms with E-state index in [-0.39, 0.29) is 19.0 Å². The van der Waals surface area contributed by atoms with Crippen molar-refractivity contribution in [1.82, 2.24) is 0 Å². The second kappa shape index (κ2) is 17.1. The van der Waals surface area contributed by atoms with Crippen molar-refractivity contribution < 1.29 is 60.9 Å². The van der Waals surface area contributed by atoms with E-state index in [1.807, 2.05) is 12.1 Å². The summed E-state index contributed by atoms with van der Waals surface area (Å²) in [6.07, 6.45) is -6.90. The molecule has 0 N–H and O–H groups in total. The van der Waals surface area contributed by atoms with Gasteiger partial charge in [0.2, 0.25) is 12.4 Å². The van der Waals surface area contributed by atoms with Gasteiger partial charge in [-0.2, -0.15) is 0 Å². The van der Waals surface area contributed by atoms with Crippen LogP contribution in [0, 0.1) is 0 Å². The van der Waals surface area contributed by atoms with Crippen molar-refractivity contribution in [3.63, 3.8) is 0 Å². The molecule has 0 spiro atoms. The quantitative estimate of drug-likeness (QED) is 0.119. The van der Waals surface area contributed by atoms with Gasteiger partial charge in [-0.05, 0) is 35.4 Å². The van der Waals surface area contributed by atoms with Crippen molar-refractivity contribution in [2.75, 3.05) is 13.7 Å². The number of hydrogen-bond acceptors (Lipinski definition) is 13. The average Bonchev–Trinajstić information content (AvgIpc) is 3.05. The Hall–Kier alpha value is -4.26. The summed E-state index contributed by atoms with van der Waals surface area (Å²) < 4.78 is 65.1. The topological polar surface area (TPSA) is 151 Å². The van der Waals surface area contributed by atoms with Gasteiger partial charge in [-0.15, -0.1) is 0 Å². The third-order valence-electron chi connectivity index (χ3n) is 6.67. The second-order valence-corrected chi connectivity index (χ2v) is 12.0. The Morgan fingerprint density at radius 2 is 1.11 bits per heavy atom. The van der Waals surface area contributed by atoms with Crippen LogP contribution in [-0.2, 0) is 64.7 Å². The first-order chi connectivity index (χ1) is 22.5. The minimum atomic E-state index is -4.33. The van der Waals surface area contributed by atoms with E-state index in [0.29, 0.717) is 16.9 Å². The van der Waals surface area contributed by atoms with Crippen LogP contribution >= 0.6 is 7.82 Å². The Bertz CT molecular complexity index is 1450. The van der Waals surface area contributed by atoms with Gasteiger partial charge in [0.25, 0.3) is 0 Å². The van der Waals surface area contributed by atoms with Gasteiger partial charge in [0.05, 0.1) is 26.9 Å². The number of carbonyl (C=O) groups excluding carboxylic acids is 3. The Morgan fingerprint density at radius 3 is 1.60 bits per heavy atom. The molecular formula is C33H37O13P. The molecule has 1 unspecified atom stereocenters. The molecule has 14 heteroatoms. The fourth-order valence-corrected chi connectivity index (χ4v) is 5.77. The first-order valence-corrected chi connectivity index (χ1v) is 16.1. The Balaban J connectivity index is 1.63. The zero-order valence-corrected chi connectivity index (χ0v) is 27.2. The van der Waals surface area contributed by atoms with Crippen LogP contribution in [0.4, 0.5) is 0 Å². The molecule has 1 aliphatic heterocycles. The third kappa shape index (κ3) is 10.9. The van der Waals surface area contributed by atoms with Crippen molar-refractivity contribution in [1.29, 1.82) is 0 Å². The van der Waals surface area contributed by atoms with Crippen LogP contribution in [0.2, 0.25) is 0 Å². The van der Waals surface area contributed by atoms with Crippen LogP contribution < -0.4 is 9.47 Å². The van der Waals surface area contributed by atoms with E-state index in [1.54, 1.807) is 72.8 Å². The van der Waals surface area contributed by atoms with Crippen molar-refractivity contribution in [3.8, 4) is 11.5 Å². The van der Waals surface area contributed by atoms with E-state index in [9.17, 15) is 18.9 Å². The summed E-state index contributed by atoms with van der Waals surface area (Å²) in [4.78, 5) is 36.7. The van der Waals surface area contributed by atoms with Crippen molar-refractivity contribution in [2.45, 2.75) is 64.7 Å². The first-order valence-electron chi connectivity index (χ1n) is 14.6. The number of ether oxygens (including phenoxy) is 6. The number of phosphoric acid groups is 1. The van der Waals surface area contributed by atoms with E-state index in [4.69, 9.17) is 42.0 Å². The number of carbonyl (C=O) groups is 3. The van der Waals surface area contributed by atoms with Gasteiger partial charge in [-0.3, -0.25) is 28.0 Å². The highest BCUT2D eigenvalue weighted by molar-refractivity contribution is 7.48. The maximum absolute atomic E-state index is 14.0. The lowest BCUT2D eigenvalue weighted by Crippen LogP contribution is -2.63. The molecule has 13 nitrogen and oxygen atoms in total. The molecular weight excluding hydrogens is 635 g/mol. The fraction of sp³-hybridized carbons (Fsp3) is 0.364. The molecule has 0 radical (unpaired) electrons. The number of phosphoric ester groups is 1. The van der Waals surface area contributed by atoms with Gasteiger partial charge in [-0.1, -0.05) is 60.7 Å². The Labute approximate surface area is 272 Å². The monoisotopic (exact) mass is 672 g/mol. The number of methoxy groups -OCH3 is 1. The van der Waals surface area contributed by atoms with Crippen LogP contribution in [0.25, 0.3) is 0 Å². The molecule has 1 fully saturated rings. The molecule has 47 heavy (non-hydrogen) atoms. The SMILES string of the molecule is COc1ccc(OC2O[C@H](COP(=O)(OCc3ccccc3)OCc3ccccc3)[C@@H](OC(C)=O)[C@H](OC(C)=O)[C@@H]2OC(C)=O)cc1. The molecule has 0 bridgehead atoms. The van der Waals surface area contributed by atoms with Gasteiger partial charge in [0.15, 0.2) is 12.2 Å². The maximum atomic E-state index is 14.0. The van der Waals surface area contributed by atoms with Gasteiger partial charge in [-0.25, -0.2) is 4.57 Å². The van der Waals surface area contributed by atoms with Gasteiger partial charge in [0.1, 0.15) is 17.6 Å². The number of benzene rings is 3. The van der Waals surface area contributed by atoms with Crippen molar-refractivity contribution in [2.24, 2.45) is 0 Å². The minimum Gasteiger partial charge on any atom is -0.497 e. The maximum Gasteiger partial charge on any atom is 0.475 e. The van der Waals surface area contributed by atoms with E-state index in [0.717, 1.165) is 20.8 Å². The predicted molar refractivity (Wildman–Crippen MR) is 165 cm³/mol. The largest absolute Gasteiger partial charge is 0.497 e.